The van der Waals surface area contributed by atoms with E-state index in [9.17, 15) is 9.90 Å². The minimum atomic E-state index is -0.962. The molecule has 0 fully saturated rings. The number of furan rings is 1. The van der Waals surface area contributed by atoms with Gasteiger partial charge < -0.3 is 14.4 Å². The van der Waals surface area contributed by atoms with Gasteiger partial charge in [-0.25, -0.2) is 9.78 Å². The van der Waals surface area contributed by atoms with Crippen molar-refractivity contribution < 1.29 is 14.3 Å². The molecule has 5 heteroatoms. The molecule has 2 heterocycles. The number of rotatable bonds is 4. The van der Waals surface area contributed by atoms with Gasteiger partial charge in [0.2, 0.25) is 0 Å². The summed E-state index contributed by atoms with van der Waals surface area (Å²) in [6.07, 6.45) is 3.25. The van der Waals surface area contributed by atoms with Crippen molar-refractivity contribution >= 4 is 11.8 Å². The van der Waals surface area contributed by atoms with E-state index in [0.29, 0.717) is 17.9 Å². The third-order valence-corrected chi connectivity index (χ3v) is 3.09. The number of nitrogens with zero attached hydrogens (tertiary/aromatic N) is 2. The summed E-state index contributed by atoms with van der Waals surface area (Å²) in [6.45, 7) is 4.20. The first kappa shape index (κ1) is 13.1. The molecule has 2 rings (SSSR count). The quantitative estimate of drug-likeness (QED) is 0.915. The first-order valence-electron chi connectivity index (χ1n) is 5.93. The summed E-state index contributed by atoms with van der Waals surface area (Å²) in [5.41, 5.74) is 1.96. The number of aromatic carboxylic acids is 1. The SMILES string of the molecule is Cc1ccnc(N(C)Cc2ccoc2C)c1C(=O)O. The van der Waals surface area contributed by atoms with E-state index in [4.69, 9.17) is 4.42 Å². The summed E-state index contributed by atoms with van der Waals surface area (Å²) in [5, 5.41) is 9.29. The third kappa shape index (κ3) is 2.59. The number of anilines is 1. The van der Waals surface area contributed by atoms with Crippen LogP contribution in [0.15, 0.2) is 29.0 Å². The van der Waals surface area contributed by atoms with E-state index in [0.717, 1.165) is 11.3 Å². The zero-order chi connectivity index (χ0) is 14.0. The van der Waals surface area contributed by atoms with Crippen LogP contribution in [0.4, 0.5) is 5.82 Å². The van der Waals surface area contributed by atoms with Crippen LogP contribution in [0.3, 0.4) is 0 Å². The van der Waals surface area contributed by atoms with Crippen LogP contribution in [-0.2, 0) is 6.54 Å². The zero-order valence-electron chi connectivity index (χ0n) is 11.2. The van der Waals surface area contributed by atoms with Crippen LogP contribution in [0.5, 0.6) is 0 Å². The Bertz CT molecular complexity index is 604. The lowest BCUT2D eigenvalue weighted by Crippen LogP contribution is -2.21. The van der Waals surface area contributed by atoms with Gasteiger partial charge in [-0.1, -0.05) is 0 Å². The predicted octanol–water partition coefficient (Wildman–Crippen LogP) is 2.63. The maximum absolute atomic E-state index is 11.3. The van der Waals surface area contributed by atoms with Gasteiger partial charge in [-0.3, -0.25) is 0 Å². The van der Waals surface area contributed by atoms with E-state index < -0.39 is 5.97 Å². The molecule has 0 aliphatic heterocycles. The second-order valence-electron chi connectivity index (χ2n) is 4.49. The van der Waals surface area contributed by atoms with Crippen molar-refractivity contribution in [2.45, 2.75) is 20.4 Å². The van der Waals surface area contributed by atoms with Crippen molar-refractivity contribution in [3.05, 3.63) is 47.0 Å². The number of carboxylic acids is 1. The van der Waals surface area contributed by atoms with Crippen LogP contribution in [0, 0.1) is 13.8 Å². The lowest BCUT2D eigenvalue weighted by Gasteiger charge is -2.20. The van der Waals surface area contributed by atoms with Crippen LogP contribution < -0.4 is 4.90 Å². The second kappa shape index (κ2) is 5.14. The van der Waals surface area contributed by atoms with Gasteiger partial charge in [0, 0.05) is 25.4 Å². The molecule has 0 atom stereocenters. The van der Waals surface area contributed by atoms with Gasteiger partial charge in [0.1, 0.15) is 17.1 Å². The molecule has 0 bridgehead atoms. The molecule has 5 nitrogen and oxygen atoms in total. The van der Waals surface area contributed by atoms with Gasteiger partial charge in [-0.2, -0.15) is 0 Å². The topological polar surface area (TPSA) is 66.6 Å². The Labute approximate surface area is 111 Å². The fourth-order valence-electron chi connectivity index (χ4n) is 2.00. The van der Waals surface area contributed by atoms with Gasteiger partial charge in [-0.15, -0.1) is 0 Å². The average molecular weight is 260 g/mol. The number of aromatic nitrogens is 1. The number of hydrogen-bond acceptors (Lipinski definition) is 4. The molecule has 0 aromatic carbocycles. The molecule has 0 aliphatic carbocycles. The Morgan fingerprint density at radius 2 is 2.16 bits per heavy atom. The largest absolute Gasteiger partial charge is 0.478 e. The van der Waals surface area contributed by atoms with Crippen molar-refractivity contribution in [1.29, 1.82) is 0 Å². The molecular weight excluding hydrogens is 244 g/mol. The normalized spacial score (nSPS) is 10.5. The predicted molar refractivity (Wildman–Crippen MR) is 71.5 cm³/mol. The number of hydrogen-bond donors (Lipinski definition) is 1. The molecule has 0 aliphatic rings. The van der Waals surface area contributed by atoms with Gasteiger partial charge in [0.15, 0.2) is 0 Å². The Kier molecular flexibility index (Phi) is 3.55. The lowest BCUT2D eigenvalue weighted by molar-refractivity contribution is 0.0696. The third-order valence-electron chi connectivity index (χ3n) is 3.09. The molecule has 0 saturated carbocycles. The Morgan fingerprint density at radius 1 is 1.42 bits per heavy atom. The highest BCUT2D eigenvalue weighted by molar-refractivity contribution is 5.94. The highest BCUT2D eigenvalue weighted by atomic mass is 16.4. The van der Waals surface area contributed by atoms with Gasteiger partial charge in [0.05, 0.1) is 6.26 Å². The van der Waals surface area contributed by atoms with Crippen LogP contribution in [-0.4, -0.2) is 23.1 Å². The van der Waals surface area contributed by atoms with Crippen LogP contribution >= 0.6 is 0 Å². The smallest absolute Gasteiger partial charge is 0.339 e. The van der Waals surface area contributed by atoms with E-state index in [2.05, 4.69) is 4.98 Å². The highest BCUT2D eigenvalue weighted by Gasteiger charge is 2.18. The summed E-state index contributed by atoms with van der Waals surface area (Å²) >= 11 is 0. The van der Waals surface area contributed by atoms with Crippen molar-refractivity contribution in [1.82, 2.24) is 4.98 Å². The number of carboxylic acid groups (broad SMARTS) is 1. The Balaban J connectivity index is 2.34. The van der Waals surface area contributed by atoms with Gasteiger partial charge in [0.25, 0.3) is 0 Å². The van der Waals surface area contributed by atoms with Crippen molar-refractivity contribution in [3.63, 3.8) is 0 Å². The molecule has 2 aromatic heterocycles. The molecule has 0 unspecified atom stereocenters. The fraction of sp³-hybridized carbons (Fsp3) is 0.286. The number of pyridine rings is 1. The molecule has 0 saturated heterocycles. The van der Waals surface area contributed by atoms with E-state index >= 15 is 0 Å². The van der Waals surface area contributed by atoms with E-state index in [1.54, 1.807) is 25.5 Å². The van der Waals surface area contributed by atoms with Crippen LogP contribution in [0.25, 0.3) is 0 Å². The van der Waals surface area contributed by atoms with E-state index in [1.165, 1.54) is 0 Å². The van der Waals surface area contributed by atoms with Crippen molar-refractivity contribution in [3.8, 4) is 0 Å². The summed E-state index contributed by atoms with van der Waals surface area (Å²) in [4.78, 5) is 17.3. The zero-order valence-corrected chi connectivity index (χ0v) is 11.2. The van der Waals surface area contributed by atoms with E-state index in [1.807, 2.05) is 24.9 Å². The first-order chi connectivity index (χ1) is 9.00. The Morgan fingerprint density at radius 3 is 2.74 bits per heavy atom. The summed E-state index contributed by atoms with van der Waals surface area (Å²) in [5.74, 6) is 0.334. The Hall–Kier alpha value is -2.30. The van der Waals surface area contributed by atoms with Crippen LogP contribution in [0.2, 0.25) is 0 Å². The first-order valence-corrected chi connectivity index (χ1v) is 5.93. The standard InChI is InChI=1S/C14H16N2O3/c1-9-4-6-15-13(12(9)14(17)18)16(3)8-11-5-7-19-10(11)2/h4-7H,8H2,1-3H3,(H,17,18). The molecule has 19 heavy (non-hydrogen) atoms. The van der Waals surface area contributed by atoms with Crippen LogP contribution in [0.1, 0.15) is 27.2 Å². The number of carbonyl (C=O) groups is 1. The van der Waals surface area contributed by atoms with Crippen molar-refractivity contribution in [2.75, 3.05) is 11.9 Å². The minimum Gasteiger partial charge on any atom is -0.478 e. The van der Waals surface area contributed by atoms with E-state index in [-0.39, 0.29) is 5.56 Å². The summed E-state index contributed by atoms with van der Waals surface area (Å²) in [7, 11) is 1.82. The molecule has 0 radical (unpaired) electrons. The van der Waals surface area contributed by atoms with Gasteiger partial charge >= 0.3 is 5.97 Å². The molecule has 1 N–H and O–H groups in total. The highest BCUT2D eigenvalue weighted by Crippen LogP contribution is 2.22. The van der Waals surface area contributed by atoms with Crippen molar-refractivity contribution in [2.24, 2.45) is 0 Å². The minimum absolute atomic E-state index is 0.242. The summed E-state index contributed by atoms with van der Waals surface area (Å²) in [6, 6.07) is 3.58. The van der Waals surface area contributed by atoms with Gasteiger partial charge in [-0.05, 0) is 31.5 Å². The molecule has 2 aromatic rings. The summed E-state index contributed by atoms with van der Waals surface area (Å²) < 4.78 is 5.24. The maximum Gasteiger partial charge on any atom is 0.339 e. The lowest BCUT2D eigenvalue weighted by atomic mass is 10.1. The average Bonchev–Trinajstić information content (AvgIpc) is 2.74. The fourth-order valence-corrected chi connectivity index (χ4v) is 2.00. The monoisotopic (exact) mass is 260 g/mol. The molecule has 100 valence electrons. The molecule has 0 amide bonds. The molecular formula is C14H16N2O3. The molecule has 0 spiro atoms. The maximum atomic E-state index is 11.3. The second-order valence-corrected chi connectivity index (χ2v) is 4.49. The number of aryl methyl sites for hydroxylation is 2.